The third kappa shape index (κ3) is 5.27. The van der Waals surface area contributed by atoms with Gasteiger partial charge in [-0.25, -0.2) is 4.98 Å². The third-order valence-electron chi connectivity index (χ3n) is 4.35. The van der Waals surface area contributed by atoms with Gasteiger partial charge in [-0.15, -0.1) is 0 Å². The molecule has 0 saturated heterocycles. The molecule has 7 heteroatoms. The first-order valence-corrected chi connectivity index (χ1v) is 8.78. The molecule has 4 N–H and O–H groups in total. The van der Waals surface area contributed by atoms with Gasteiger partial charge in [-0.1, -0.05) is 33.8 Å². The molecular formula is C18H29N7. The van der Waals surface area contributed by atoms with E-state index >= 15 is 0 Å². The van der Waals surface area contributed by atoms with Crippen LogP contribution in [0.15, 0.2) is 18.2 Å². The van der Waals surface area contributed by atoms with Gasteiger partial charge in [0.25, 0.3) is 0 Å². The van der Waals surface area contributed by atoms with Gasteiger partial charge in [0, 0.05) is 12.1 Å². The molecule has 0 aliphatic rings. The second-order valence-electron chi connectivity index (χ2n) is 7.11. The Bertz CT molecular complexity index is 665. The van der Waals surface area contributed by atoms with E-state index in [1.807, 2.05) is 12.1 Å². The fraction of sp³-hybridized carbons (Fsp3) is 0.556. The number of nitrogen functional groups attached to an aromatic ring is 1. The highest BCUT2D eigenvalue weighted by Crippen LogP contribution is 2.19. The lowest BCUT2D eigenvalue weighted by Crippen LogP contribution is -2.26. The summed E-state index contributed by atoms with van der Waals surface area (Å²) in [6, 6.07) is 5.90. The summed E-state index contributed by atoms with van der Waals surface area (Å²) in [4.78, 5) is 17.9. The predicted octanol–water partition coefficient (Wildman–Crippen LogP) is 3.43. The molecule has 2 aromatic heterocycles. The van der Waals surface area contributed by atoms with Crippen molar-refractivity contribution >= 4 is 17.7 Å². The second kappa shape index (κ2) is 8.09. The molecule has 2 rings (SSSR count). The first kappa shape index (κ1) is 18.9. The lowest BCUT2D eigenvalue weighted by molar-refractivity contribution is 0.551. The molecule has 0 aromatic carbocycles. The van der Waals surface area contributed by atoms with Crippen LogP contribution in [0.2, 0.25) is 0 Å². The van der Waals surface area contributed by atoms with Crippen molar-refractivity contribution in [2.24, 2.45) is 11.8 Å². The maximum Gasteiger partial charge on any atom is 0.228 e. The standard InChI is InChI=1S/C18H29N7/c1-10(2)12(5)20-17-23-16(14-8-7-9-15(19)22-14)24-18(25-17)21-13(6)11(3)4/h7-13H,1-6H3,(H2,19,22)(H2,20,21,23,24,25). The summed E-state index contributed by atoms with van der Waals surface area (Å²) in [7, 11) is 0. The smallest absolute Gasteiger partial charge is 0.228 e. The van der Waals surface area contributed by atoms with Gasteiger partial charge >= 0.3 is 0 Å². The normalized spacial score (nSPS) is 13.8. The van der Waals surface area contributed by atoms with Crippen molar-refractivity contribution in [2.45, 2.75) is 53.6 Å². The number of nitrogens with two attached hydrogens (primary N) is 1. The molecule has 0 aliphatic heterocycles. The minimum atomic E-state index is 0.236. The minimum absolute atomic E-state index is 0.236. The summed E-state index contributed by atoms with van der Waals surface area (Å²) in [5.74, 6) is 2.92. The number of hydrogen-bond donors (Lipinski definition) is 3. The van der Waals surface area contributed by atoms with E-state index in [2.05, 4.69) is 72.1 Å². The van der Waals surface area contributed by atoms with Crippen LogP contribution in [0, 0.1) is 11.8 Å². The van der Waals surface area contributed by atoms with E-state index in [1.165, 1.54) is 0 Å². The van der Waals surface area contributed by atoms with E-state index in [0.29, 0.717) is 41.1 Å². The zero-order valence-electron chi connectivity index (χ0n) is 15.9. The lowest BCUT2D eigenvalue weighted by Gasteiger charge is -2.20. The van der Waals surface area contributed by atoms with Crippen molar-refractivity contribution < 1.29 is 0 Å². The van der Waals surface area contributed by atoms with Gasteiger partial charge in [-0.3, -0.25) is 0 Å². The van der Waals surface area contributed by atoms with E-state index < -0.39 is 0 Å². The van der Waals surface area contributed by atoms with Crippen LogP contribution in [0.4, 0.5) is 17.7 Å². The van der Waals surface area contributed by atoms with Gasteiger partial charge in [-0.05, 0) is 37.8 Å². The van der Waals surface area contributed by atoms with Crippen LogP contribution in [-0.4, -0.2) is 32.0 Å². The van der Waals surface area contributed by atoms with E-state index in [9.17, 15) is 0 Å². The molecule has 2 atom stereocenters. The number of hydrogen-bond acceptors (Lipinski definition) is 7. The molecule has 2 unspecified atom stereocenters. The molecule has 0 amide bonds. The Morgan fingerprint density at radius 2 is 1.28 bits per heavy atom. The highest BCUT2D eigenvalue weighted by molar-refractivity contribution is 5.56. The molecule has 0 saturated carbocycles. The largest absolute Gasteiger partial charge is 0.384 e. The Hall–Kier alpha value is -2.44. The van der Waals surface area contributed by atoms with Crippen LogP contribution in [0.5, 0.6) is 0 Å². The van der Waals surface area contributed by atoms with Gasteiger partial charge in [0.05, 0.1) is 0 Å². The molecule has 0 aliphatic carbocycles. The Labute approximate surface area is 149 Å². The number of aromatic nitrogens is 4. The molecule has 25 heavy (non-hydrogen) atoms. The molecule has 0 radical (unpaired) electrons. The van der Waals surface area contributed by atoms with Crippen LogP contribution >= 0.6 is 0 Å². The maximum absolute atomic E-state index is 5.80. The minimum Gasteiger partial charge on any atom is -0.384 e. The van der Waals surface area contributed by atoms with Gasteiger partial charge in [-0.2, -0.15) is 15.0 Å². The average molecular weight is 343 g/mol. The number of nitrogens with one attached hydrogen (secondary N) is 2. The topological polar surface area (TPSA) is 102 Å². The molecule has 0 bridgehead atoms. The van der Waals surface area contributed by atoms with Gasteiger partial charge in [0.1, 0.15) is 11.5 Å². The zero-order chi connectivity index (χ0) is 18.6. The first-order chi connectivity index (χ1) is 11.8. The number of rotatable bonds is 7. The third-order valence-corrected chi connectivity index (χ3v) is 4.35. The monoisotopic (exact) mass is 343 g/mol. The Morgan fingerprint density at radius 1 is 0.760 bits per heavy atom. The van der Waals surface area contributed by atoms with E-state index in [4.69, 9.17) is 5.73 Å². The molecular weight excluding hydrogens is 314 g/mol. The zero-order valence-corrected chi connectivity index (χ0v) is 15.9. The van der Waals surface area contributed by atoms with E-state index in [1.54, 1.807) is 6.07 Å². The Morgan fingerprint density at radius 3 is 1.72 bits per heavy atom. The molecule has 0 spiro atoms. The number of nitrogens with zero attached hydrogens (tertiary/aromatic N) is 4. The van der Waals surface area contributed by atoms with E-state index in [-0.39, 0.29) is 12.1 Å². The van der Waals surface area contributed by atoms with Crippen LogP contribution in [0.25, 0.3) is 11.5 Å². The lowest BCUT2D eigenvalue weighted by atomic mass is 10.1. The van der Waals surface area contributed by atoms with Crippen LogP contribution in [0.3, 0.4) is 0 Å². The van der Waals surface area contributed by atoms with Crippen LogP contribution in [0.1, 0.15) is 41.5 Å². The van der Waals surface area contributed by atoms with Crippen molar-refractivity contribution in [2.75, 3.05) is 16.4 Å². The molecule has 7 nitrogen and oxygen atoms in total. The predicted molar refractivity (Wildman–Crippen MR) is 103 cm³/mol. The summed E-state index contributed by atoms with van der Waals surface area (Å²) in [5, 5.41) is 6.70. The van der Waals surface area contributed by atoms with Gasteiger partial charge in [0.15, 0.2) is 5.82 Å². The van der Waals surface area contributed by atoms with Crippen LogP contribution < -0.4 is 16.4 Å². The average Bonchev–Trinajstić information content (AvgIpc) is 2.54. The quantitative estimate of drug-likeness (QED) is 0.708. The fourth-order valence-corrected chi connectivity index (χ4v) is 1.94. The number of pyridine rings is 1. The first-order valence-electron chi connectivity index (χ1n) is 8.78. The summed E-state index contributed by atoms with van der Waals surface area (Å²) in [6.07, 6.45) is 0. The van der Waals surface area contributed by atoms with Crippen LogP contribution in [-0.2, 0) is 0 Å². The summed E-state index contributed by atoms with van der Waals surface area (Å²) < 4.78 is 0. The number of anilines is 3. The Balaban J connectivity index is 2.40. The second-order valence-corrected chi connectivity index (χ2v) is 7.11. The fourth-order valence-electron chi connectivity index (χ4n) is 1.94. The SMILES string of the molecule is CC(C)C(C)Nc1nc(NC(C)C(C)C)nc(-c2cccc(N)n2)n1. The van der Waals surface area contributed by atoms with Crippen molar-refractivity contribution in [1.29, 1.82) is 0 Å². The molecule has 0 fully saturated rings. The van der Waals surface area contributed by atoms with Crippen molar-refractivity contribution in [1.82, 2.24) is 19.9 Å². The molecule has 2 aromatic rings. The summed E-state index contributed by atoms with van der Waals surface area (Å²) in [5.41, 5.74) is 6.43. The highest BCUT2D eigenvalue weighted by Gasteiger charge is 2.15. The van der Waals surface area contributed by atoms with Crippen molar-refractivity contribution in [3.63, 3.8) is 0 Å². The van der Waals surface area contributed by atoms with Gasteiger partial charge < -0.3 is 16.4 Å². The van der Waals surface area contributed by atoms with Crippen molar-refractivity contribution in [3.8, 4) is 11.5 Å². The van der Waals surface area contributed by atoms with E-state index in [0.717, 1.165) is 0 Å². The van der Waals surface area contributed by atoms with Gasteiger partial charge in [0.2, 0.25) is 11.9 Å². The maximum atomic E-state index is 5.80. The summed E-state index contributed by atoms with van der Waals surface area (Å²) >= 11 is 0. The van der Waals surface area contributed by atoms with Crippen molar-refractivity contribution in [3.05, 3.63) is 18.2 Å². The molecule has 136 valence electrons. The highest BCUT2D eigenvalue weighted by atomic mass is 15.2. The molecule has 2 heterocycles. The Kier molecular flexibility index (Phi) is 6.12. The summed E-state index contributed by atoms with van der Waals surface area (Å²) in [6.45, 7) is 12.8.